The first-order chi connectivity index (χ1) is 8.94. The summed E-state index contributed by atoms with van der Waals surface area (Å²) in [6, 6.07) is 1.50. The molecule has 1 N–H and O–H groups in total. The number of nitrogens with zero attached hydrogens (tertiary/aromatic N) is 1. The number of hydrogen-bond acceptors (Lipinski definition) is 4. The number of hydrogen-bond donors (Lipinski definition) is 1. The van der Waals surface area contributed by atoms with Crippen LogP contribution in [-0.4, -0.2) is 29.5 Å². The van der Waals surface area contributed by atoms with Gasteiger partial charge in [-0.05, 0) is 19.4 Å². The van der Waals surface area contributed by atoms with E-state index in [0.29, 0.717) is 6.42 Å². The van der Waals surface area contributed by atoms with E-state index in [1.807, 2.05) is 6.92 Å². The van der Waals surface area contributed by atoms with Gasteiger partial charge in [-0.15, -0.1) is 0 Å². The first-order valence-electron chi connectivity index (χ1n) is 5.95. The molecule has 1 aromatic rings. The number of rotatable bonds is 5. The van der Waals surface area contributed by atoms with E-state index in [4.69, 9.17) is 16.3 Å². The first-order valence-corrected chi connectivity index (χ1v) is 6.33. The third-order valence-corrected chi connectivity index (χ3v) is 3.09. The molecule has 0 aliphatic rings. The van der Waals surface area contributed by atoms with Crippen LogP contribution in [0.5, 0.6) is 0 Å². The summed E-state index contributed by atoms with van der Waals surface area (Å²) in [5.41, 5.74) is -0.782. The van der Waals surface area contributed by atoms with Crippen LogP contribution in [0.25, 0.3) is 0 Å². The van der Waals surface area contributed by atoms with Gasteiger partial charge in [-0.3, -0.25) is 9.78 Å². The monoisotopic (exact) mass is 284 g/mol. The topological polar surface area (TPSA) is 68.3 Å². The van der Waals surface area contributed by atoms with Crippen molar-refractivity contribution in [1.29, 1.82) is 0 Å². The van der Waals surface area contributed by atoms with Crippen molar-refractivity contribution in [3.63, 3.8) is 0 Å². The lowest BCUT2D eigenvalue weighted by Crippen LogP contribution is -2.52. The molecule has 1 atom stereocenters. The second kappa shape index (κ2) is 6.52. The minimum atomic E-state index is -1.06. The molecule has 0 aliphatic carbocycles. The maximum Gasteiger partial charge on any atom is 0.331 e. The number of ether oxygens (including phenoxy) is 1. The van der Waals surface area contributed by atoms with Gasteiger partial charge in [0.05, 0.1) is 17.7 Å². The van der Waals surface area contributed by atoms with Crippen molar-refractivity contribution in [2.24, 2.45) is 0 Å². The number of carbonyl (C=O) groups excluding carboxylic acids is 2. The van der Waals surface area contributed by atoms with E-state index in [9.17, 15) is 9.59 Å². The third-order valence-electron chi connectivity index (χ3n) is 2.79. The lowest BCUT2D eigenvalue weighted by atomic mass is 9.95. The molecule has 0 saturated carbocycles. The Morgan fingerprint density at radius 3 is 2.74 bits per heavy atom. The number of amides is 1. The fraction of sp³-hybridized carbons (Fsp3) is 0.462. The van der Waals surface area contributed by atoms with Crippen molar-refractivity contribution in [3.05, 3.63) is 29.0 Å². The van der Waals surface area contributed by atoms with Gasteiger partial charge < -0.3 is 10.1 Å². The molecule has 5 nitrogen and oxygen atoms in total. The summed E-state index contributed by atoms with van der Waals surface area (Å²) in [5, 5.41) is 2.92. The Bertz CT molecular complexity index is 479. The van der Waals surface area contributed by atoms with E-state index in [-0.39, 0.29) is 10.6 Å². The average molecular weight is 285 g/mol. The minimum absolute atomic E-state index is 0.240. The zero-order valence-corrected chi connectivity index (χ0v) is 12.0. The van der Waals surface area contributed by atoms with E-state index < -0.39 is 17.4 Å². The summed E-state index contributed by atoms with van der Waals surface area (Å²) in [5.74, 6) is -0.901. The number of halogens is 1. The highest BCUT2D eigenvalue weighted by molar-refractivity contribution is 6.33. The fourth-order valence-electron chi connectivity index (χ4n) is 1.82. The molecule has 0 spiro atoms. The molecule has 1 unspecified atom stereocenters. The van der Waals surface area contributed by atoms with Crippen molar-refractivity contribution in [2.75, 3.05) is 7.11 Å². The SMILES string of the molecule is CCCC(C)(NC(=O)c1ccncc1Cl)C(=O)OC. The van der Waals surface area contributed by atoms with Gasteiger partial charge in [0.15, 0.2) is 0 Å². The van der Waals surface area contributed by atoms with Crippen molar-refractivity contribution < 1.29 is 14.3 Å². The molecule has 1 heterocycles. The summed E-state index contributed by atoms with van der Waals surface area (Å²) < 4.78 is 4.74. The predicted molar refractivity (Wildman–Crippen MR) is 72.0 cm³/mol. The fourth-order valence-corrected chi connectivity index (χ4v) is 2.02. The van der Waals surface area contributed by atoms with Gasteiger partial charge in [0.25, 0.3) is 5.91 Å². The molecular weight excluding hydrogens is 268 g/mol. The average Bonchev–Trinajstić information content (AvgIpc) is 2.38. The van der Waals surface area contributed by atoms with Crippen molar-refractivity contribution in [2.45, 2.75) is 32.2 Å². The summed E-state index contributed by atoms with van der Waals surface area (Å²) in [6.45, 7) is 3.56. The highest BCUT2D eigenvalue weighted by Crippen LogP contribution is 2.18. The van der Waals surface area contributed by atoms with Gasteiger partial charge in [-0.1, -0.05) is 24.9 Å². The standard InChI is InChI=1S/C13H17ClN2O3/c1-4-6-13(2,12(18)19-3)16-11(17)9-5-7-15-8-10(9)14/h5,7-8H,4,6H2,1-3H3,(H,16,17). The number of aromatic nitrogens is 1. The number of pyridine rings is 1. The second-order valence-electron chi connectivity index (χ2n) is 4.38. The maximum absolute atomic E-state index is 12.1. The number of esters is 1. The van der Waals surface area contributed by atoms with Gasteiger partial charge >= 0.3 is 5.97 Å². The summed E-state index contributed by atoms with van der Waals surface area (Å²) in [6.07, 6.45) is 4.06. The second-order valence-corrected chi connectivity index (χ2v) is 4.79. The molecule has 1 rings (SSSR count). The van der Waals surface area contributed by atoms with Crippen LogP contribution in [0.4, 0.5) is 0 Å². The highest BCUT2D eigenvalue weighted by Gasteiger charge is 2.35. The zero-order valence-electron chi connectivity index (χ0n) is 11.2. The molecule has 1 amide bonds. The van der Waals surface area contributed by atoms with Gasteiger partial charge in [0, 0.05) is 12.4 Å². The Hall–Kier alpha value is -1.62. The molecule has 19 heavy (non-hydrogen) atoms. The number of nitrogens with one attached hydrogen (secondary N) is 1. The predicted octanol–water partition coefficient (Wildman–Crippen LogP) is 2.20. The van der Waals surface area contributed by atoms with Crippen LogP contribution in [0.2, 0.25) is 5.02 Å². The van der Waals surface area contributed by atoms with Crippen LogP contribution in [0.1, 0.15) is 37.0 Å². The van der Waals surface area contributed by atoms with Gasteiger partial charge in [0.1, 0.15) is 5.54 Å². The largest absolute Gasteiger partial charge is 0.467 e. The molecule has 0 fully saturated rings. The Labute approximate surface area is 117 Å². The van der Waals surface area contributed by atoms with Crippen molar-refractivity contribution in [3.8, 4) is 0 Å². The van der Waals surface area contributed by atoms with Crippen LogP contribution in [0.15, 0.2) is 18.5 Å². The molecule has 1 aromatic heterocycles. The van der Waals surface area contributed by atoms with Crippen LogP contribution < -0.4 is 5.32 Å². The first kappa shape index (κ1) is 15.4. The molecule has 0 saturated heterocycles. The lowest BCUT2D eigenvalue weighted by Gasteiger charge is -2.27. The molecule has 0 radical (unpaired) electrons. The minimum Gasteiger partial charge on any atom is -0.467 e. The normalized spacial score (nSPS) is 13.5. The van der Waals surface area contributed by atoms with Crippen molar-refractivity contribution >= 4 is 23.5 Å². The zero-order chi connectivity index (χ0) is 14.5. The molecule has 0 aliphatic heterocycles. The van der Waals surface area contributed by atoms with Crippen molar-refractivity contribution in [1.82, 2.24) is 10.3 Å². The molecule has 0 aromatic carbocycles. The van der Waals surface area contributed by atoms with Crippen LogP contribution in [0.3, 0.4) is 0 Å². The van der Waals surface area contributed by atoms with Gasteiger partial charge in [-0.25, -0.2) is 4.79 Å². The van der Waals surface area contributed by atoms with E-state index in [1.165, 1.54) is 25.6 Å². The number of carbonyl (C=O) groups is 2. The quantitative estimate of drug-likeness (QED) is 0.842. The van der Waals surface area contributed by atoms with Gasteiger partial charge in [0.2, 0.25) is 0 Å². The van der Waals surface area contributed by atoms with Crippen LogP contribution >= 0.6 is 11.6 Å². The summed E-state index contributed by atoms with van der Waals surface area (Å²) in [4.78, 5) is 27.7. The summed E-state index contributed by atoms with van der Waals surface area (Å²) in [7, 11) is 1.29. The molecule has 6 heteroatoms. The van der Waals surface area contributed by atoms with E-state index in [2.05, 4.69) is 10.3 Å². The van der Waals surface area contributed by atoms with Crippen LogP contribution in [0, 0.1) is 0 Å². The Morgan fingerprint density at radius 1 is 1.53 bits per heavy atom. The third kappa shape index (κ3) is 3.67. The highest BCUT2D eigenvalue weighted by atomic mass is 35.5. The molecule has 104 valence electrons. The van der Waals surface area contributed by atoms with E-state index >= 15 is 0 Å². The molecule has 0 bridgehead atoms. The molecular formula is C13H17ClN2O3. The van der Waals surface area contributed by atoms with Gasteiger partial charge in [-0.2, -0.15) is 0 Å². The van der Waals surface area contributed by atoms with Crippen LogP contribution in [-0.2, 0) is 9.53 Å². The smallest absolute Gasteiger partial charge is 0.331 e. The van der Waals surface area contributed by atoms with E-state index in [0.717, 1.165) is 6.42 Å². The maximum atomic E-state index is 12.1. The number of methoxy groups -OCH3 is 1. The van der Waals surface area contributed by atoms with E-state index in [1.54, 1.807) is 6.92 Å². The Balaban J connectivity index is 2.95. The summed E-state index contributed by atoms with van der Waals surface area (Å²) >= 11 is 5.90. The lowest BCUT2D eigenvalue weighted by molar-refractivity contribution is -0.147. The Morgan fingerprint density at radius 2 is 2.21 bits per heavy atom. The Kier molecular flexibility index (Phi) is 5.30.